The Bertz CT molecular complexity index is 1110. The Hall–Kier alpha value is -3.21. The van der Waals surface area contributed by atoms with Gasteiger partial charge in [-0.2, -0.15) is 0 Å². The Morgan fingerprint density at radius 3 is 2.88 bits per heavy atom. The van der Waals surface area contributed by atoms with Crippen LogP contribution in [0.3, 0.4) is 0 Å². The average molecular weight is 344 g/mol. The van der Waals surface area contributed by atoms with Gasteiger partial charge >= 0.3 is 0 Å². The minimum atomic E-state index is -0.164. The van der Waals surface area contributed by atoms with E-state index in [9.17, 15) is 4.79 Å². The molecule has 0 radical (unpaired) electrons. The van der Waals surface area contributed by atoms with Gasteiger partial charge in [0.1, 0.15) is 11.3 Å². The maximum atomic E-state index is 13.1. The SMILES string of the molecule is CCCc1nc2cc(C)ccn2c1C(=O)Nc1cccc2cccnc12. The average Bonchev–Trinajstić information content (AvgIpc) is 2.99. The van der Waals surface area contributed by atoms with Gasteiger partial charge < -0.3 is 5.32 Å². The van der Waals surface area contributed by atoms with Crippen LogP contribution < -0.4 is 5.32 Å². The monoisotopic (exact) mass is 344 g/mol. The van der Waals surface area contributed by atoms with Gasteiger partial charge in [0, 0.05) is 17.8 Å². The zero-order valence-corrected chi connectivity index (χ0v) is 14.9. The lowest BCUT2D eigenvalue weighted by Crippen LogP contribution is -2.16. The molecule has 0 bridgehead atoms. The maximum absolute atomic E-state index is 13.1. The van der Waals surface area contributed by atoms with Crippen molar-refractivity contribution in [2.75, 3.05) is 5.32 Å². The van der Waals surface area contributed by atoms with E-state index in [1.807, 2.05) is 60.0 Å². The summed E-state index contributed by atoms with van der Waals surface area (Å²) in [4.78, 5) is 22.2. The molecule has 0 aliphatic rings. The van der Waals surface area contributed by atoms with Crippen LogP contribution in [0.1, 0.15) is 35.1 Å². The minimum Gasteiger partial charge on any atom is -0.319 e. The van der Waals surface area contributed by atoms with Crippen LogP contribution in [-0.4, -0.2) is 20.3 Å². The normalized spacial score (nSPS) is 11.2. The molecule has 0 spiro atoms. The van der Waals surface area contributed by atoms with Crippen molar-refractivity contribution in [3.05, 3.63) is 71.8 Å². The predicted octanol–water partition coefficient (Wildman–Crippen LogP) is 4.40. The van der Waals surface area contributed by atoms with Crippen molar-refractivity contribution in [1.29, 1.82) is 0 Å². The fourth-order valence-corrected chi connectivity index (χ4v) is 3.23. The van der Waals surface area contributed by atoms with E-state index in [2.05, 4.69) is 22.2 Å². The topological polar surface area (TPSA) is 59.3 Å². The third-order valence-electron chi connectivity index (χ3n) is 4.44. The molecule has 4 aromatic rings. The Morgan fingerprint density at radius 2 is 2.04 bits per heavy atom. The van der Waals surface area contributed by atoms with E-state index in [-0.39, 0.29) is 5.91 Å². The first-order chi connectivity index (χ1) is 12.7. The van der Waals surface area contributed by atoms with Crippen molar-refractivity contribution in [2.45, 2.75) is 26.7 Å². The quantitative estimate of drug-likeness (QED) is 0.597. The molecule has 5 heteroatoms. The van der Waals surface area contributed by atoms with E-state index in [1.54, 1.807) is 6.20 Å². The van der Waals surface area contributed by atoms with Crippen molar-refractivity contribution in [1.82, 2.24) is 14.4 Å². The number of hydrogen-bond acceptors (Lipinski definition) is 3. The predicted molar refractivity (Wildman–Crippen MR) is 104 cm³/mol. The number of hydrogen-bond donors (Lipinski definition) is 1. The molecule has 1 amide bonds. The summed E-state index contributed by atoms with van der Waals surface area (Å²) in [7, 11) is 0. The van der Waals surface area contributed by atoms with Crippen LogP contribution in [0, 0.1) is 6.92 Å². The molecular weight excluding hydrogens is 324 g/mol. The summed E-state index contributed by atoms with van der Waals surface area (Å²) in [6, 6.07) is 13.6. The van der Waals surface area contributed by atoms with Crippen LogP contribution in [0.4, 0.5) is 5.69 Å². The molecule has 0 aliphatic carbocycles. The molecule has 1 aromatic carbocycles. The number of nitrogens with zero attached hydrogens (tertiary/aromatic N) is 3. The number of nitrogens with one attached hydrogen (secondary N) is 1. The number of amides is 1. The van der Waals surface area contributed by atoms with Crippen molar-refractivity contribution < 1.29 is 4.79 Å². The number of aromatic nitrogens is 3. The fraction of sp³-hybridized carbons (Fsp3) is 0.190. The van der Waals surface area contributed by atoms with Gasteiger partial charge in [-0.3, -0.25) is 14.2 Å². The van der Waals surface area contributed by atoms with Crippen LogP contribution in [-0.2, 0) is 6.42 Å². The molecule has 0 saturated heterocycles. The lowest BCUT2D eigenvalue weighted by molar-refractivity contribution is 0.102. The van der Waals surface area contributed by atoms with Crippen molar-refractivity contribution in [3.8, 4) is 0 Å². The lowest BCUT2D eigenvalue weighted by Gasteiger charge is -2.09. The number of carbonyl (C=O) groups excluding carboxylic acids is 1. The largest absolute Gasteiger partial charge is 0.319 e. The number of carbonyl (C=O) groups is 1. The number of pyridine rings is 2. The van der Waals surface area contributed by atoms with E-state index < -0.39 is 0 Å². The molecule has 4 rings (SSSR count). The second-order valence-corrected chi connectivity index (χ2v) is 6.42. The zero-order chi connectivity index (χ0) is 18.1. The summed E-state index contributed by atoms with van der Waals surface area (Å²) in [6.45, 7) is 4.11. The molecule has 26 heavy (non-hydrogen) atoms. The number of para-hydroxylation sites is 1. The Morgan fingerprint density at radius 1 is 1.19 bits per heavy atom. The zero-order valence-electron chi connectivity index (χ0n) is 14.9. The molecule has 5 nitrogen and oxygen atoms in total. The van der Waals surface area contributed by atoms with E-state index in [0.717, 1.165) is 40.6 Å². The highest BCUT2D eigenvalue weighted by Gasteiger charge is 2.19. The van der Waals surface area contributed by atoms with Gasteiger partial charge in [-0.15, -0.1) is 0 Å². The molecule has 0 saturated carbocycles. The first-order valence-corrected chi connectivity index (χ1v) is 8.80. The molecule has 0 aliphatic heterocycles. The summed E-state index contributed by atoms with van der Waals surface area (Å²) in [6.07, 6.45) is 5.33. The highest BCUT2D eigenvalue weighted by Crippen LogP contribution is 2.23. The van der Waals surface area contributed by atoms with Crippen LogP contribution in [0.15, 0.2) is 54.9 Å². The molecule has 0 atom stereocenters. The molecule has 130 valence electrons. The smallest absolute Gasteiger partial charge is 0.274 e. The van der Waals surface area contributed by atoms with Gasteiger partial charge in [0.2, 0.25) is 0 Å². The van der Waals surface area contributed by atoms with Gasteiger partial charge in [0.05, 0.1) is 16.9 Å². The summed E-state index contributed by atoms with van der Waals surface area (Å²) >= 11 is 0. The highest BCUT2D eigenvalue weighted by molar-refractivity contribution is 6.08. The molecule has 0 unspecified atom stereocenters. The van der Waals surface area contributed by atoms with Crippen LogP contribution >= 0.6 is 0 Å². The first-order valence-electron chi connectivity index (χ1n) is 8.80. The maximum Gasteiger partial charge on any atom is 0.274 e. The number of aryl methyl sites for hydroxylation is 2. The summed E-state index contributed by atoms with van der Waals surface area (Å²) in [5, 5.41) is 4.02. The summed E-state index contributed by atoms with van der Waals surface area (Å²) < 4.78 is 1.87. The first kappa shape index (κ1) is 16.3. The molecule has 0 fully saturated rings. The van der Waals surface area contributed by atoms with E-state index >= 15 is 0 Å². The third-order valence-corrected chi connectivity index (χ3v) is 4.44. The van der Waals surface area contributed by atoms with Crippen molar-refractivity contribution in [2.24, 2.45) is 0 Å². The van der Waals surface area contributed by atoms with Crippen LogP contribution in [0.25, 0.3) is 16.6 Å². The fourth-order valence-electron chi connectivity index (χ4n) is 3.23. The van der Waals surface area contributed by atoms with Gasteiger partial charge in [-0.25, -0.2) is 4.98 Å². The third kappa shape index (κ3) is 2.81. The Kier molecular flexibility index (Phi) is 4.13. The van der Waals surface area contributed by atoms with Crippen molar-refractivity contribution >= 4 is 28.1 Å². The number of anilines is 1. The minimum absolute atomic E-state index is 0.164. The molecular formula is C21H20N4O. The highest BCUT2D eigenvalue weighted by atomic mass is 16.2. The number of benzene rings is 1. The molecule has 3 aromatic heterocycles. The van der Waals surface area contributed by atoms with Gasteiger partial charge in [-0.05, 0) is 43.2 Å². The van der Waals surface area contributed by atoms with Gasteiger partial charge in [-0.1, -0.05) is 31.5 Å². The van der Waals surface area contributed by atoms with E-state index in [4.69, 9.17) is 0 Å². The van der Waals surface area contributed by atoms with Gasteiger partial charge in [0.25, 0.3) is 5.91 Å². The Labute approximate surface area is 151 Å². The molecule has 1 N–H and O–H groups in total. The standard InChI is InChI=1S/C21H20N4O/c1-3-6-17-20(25-12-10-14(2)13-18(25)23-17)21(26)24-16-9-4-7-15-8-5-11-22-19(15)16/h4-5,7-13H,3,6H2,1-2H3,(H,24,26). The number of rotatable bonds is 4. The number of fused-ring (bicyclic) bond motifs is 2. The van der Waals surface area contributed by atoms with Crippen LogP contribution in [0.5, 0.6) is 0 Å². The summed E-state index contributed by atoms with van der Waals surface area (Å²) in [5.41, 5.74) is 4.83. The summed E-state index contributed by atoms with van der Waals surface area (Å²) in [5.74, 6) is -0.164. The van der Waals surface area contributed by atoms with Crippen molar-refractivity contribution in [3.63, 3.8) is 0 Å². The second-order valence-electron chi connectivity index (χ2n) is 6.42. The number of imidazole rings is 1. The van der Waals surface area contributed by atoms with E-state index in [0.29, 0.717) is 11.4 Å². The van der Waals surface area contributed by atoms with E-state index in [1.165, 1.54) is 0 Å². The lowest BCUT2D eigenvalue weighted by atomic mass is 10.1. The Balaban J connectivity index is 1.79. The van der Waals surface area contributed by atoms with Gasteiger partial charge in [0.15, 0.2) is 0 Å². The second kappa shape index (κ2) is 6.59. The van der Waals surface area contributed by atoms with Crippen LogP contribution in [0.2, 0.25) is 0 Å². The molecule has 3 heterocycles.